The quantitative estimate of drug-likeness (QED) is 0.339. The molecule has 0 saturated carbocycles. The Morgan fingerprint density at radius 1 is 1.00 bits per heavy atom. The van der Waals surface area contributed by atoms with E-state index in [4.69, 9.17) is 16.3 Å². The minimum absolute atomic E-state index is 0.0604. The molecule has 0 aliphatic heterocycles. The van der Waals surface area contributed by atoms with Gasteiger partial charge < -0.3 is 15.0 Å². The highest BCUT2D eigenvalue weighted by Gasteiger charge is 2.34. The topological polar surface area (TPSA) is 96.0 Å². The van der Waals surface area contributed by atoms with E-state index >= 15 is 0 Å². The predicted octanol–water partition coefficient (Wildman–Crippen LogP) is 4.81. The van der Waals surface area contributed by atoms with Crippen molar-refractivity contribution in [3.05, 3.63) is 94.8 Å². The summed E-state index contributed by atoms with van der Waals surface area (Å²) in [5.41, 5.74) is 0.933. The monoisotopic (exact) mass is 603 g/mol. The standard InChI is InChI=1S/C30H35ClFN3O5S/c1-30(2,3)33-29(37)26(17-21-9-7-6-8-10-21)34(19-22-11-13-23(32)14-12-22)28(36)20-35(41(5,38)39)24-15-16-27(40-4)25(31)18-24/h6-16,18,26H,17,19-20H2,1-5H3,(H,33,37)/t26-/m1/s1. The molecule has 220 valence electrons. The van der Waals surface area contributed by atoms with Crippen LogP contribution in [0.15, 0.2) is 72.8 Å². The van der Waals surface area contributed by atoms with Gasteiger partial charge in [0.2, 0.25) is 21.8 Å². The second kappa shape index (κ2) is 13.4. The Kier molecular flexibility index (Phi) is 10.4. The van der Waals surface area contributed by atoms with Crippen LogP contribution in [0.3, 0.4) is 0 Å². The molecule has 0 radical (unpaired) electrons. The molecule has 1 atom stereocenters. The van der Waals surface area contributed by atoms with Gasteiger partial charge in [0, 0.05) is 18.5 Å². The van der Waals surface area contributed by atoms with Gasteiger partial charge in [-0.05, 0) is 62.2 Å². The summed E-state index contributed by atoms with van der Waals surface area (Å²) >= 11 is 6.26. The number of hydrogen-bond acceptors (Lipinski definition) is 5. The van der Waals surface area contributed by atoms with Crippen LogP contribution >= 0.6 is 11.6 Å². The fourth-order valence-electron chi connectivity index (χ4n) is 4.22. The molecular formula is C30H35ClFN3O5S. The first kappa shape index (κ1) is 31.9. The number of amides is 2. The van der Waals surface area contributed by atoms with Crippen molar-refractivity contribution >= 4 is 39.1 Å². The zero-order chi connectivity index (χ0) is 30.4. The molecule has 0 aromatic heterocycles. The van der Waals surface area contributed by atoms with Gasteiger partial charge in [0.1, 0.15) is 24.2 Å². The minimum atomic E-state index is -3.96. The lowest BCUT2D eigenvalue weighted by molar-refractivity contribution is -0.140. The van der Waals surface area contributed by atoms with Crippen LogP contribution in [0.1, 0.15) is 31.9 Å². The van der Waals surface area contributed by atoms with Gasteiger partial charge >= 0.3 is 0 Å². The highest BCUT2D eigenvalue weighted by molar-refractivity contribution is 7.92. The van der Waals surface area contributed by atoms with E-state index in [0.29, 0.717) is 11.3 Å². The zero-order valence-corrected chi connectivity index (χ0v) is 25.3. The van der Waals surface area contributed by atoms with E-state index in [1.54, 1.807) is 0 Å². The maximum atomic E-state index is 14.1. The summed E-state index contributed by atoms with van der Waals surface area (Å²) in [6.07, 6.45) is 1.15. The molecule has 3 aromatic rings. The average molecular weight is 604 g/mol. The average Bonchev–Trinajstić information content (AvgIpc) is 2.89. The summed E-state index contributed by atoms with van der Waals surface area (Å²) in [6.45, 7) is 4.83. The van der Waals surface area contributed by atoms with Crippen molar-refractivity contribution < 1.29 is 27.1 Å². The second-order valence-corrected chi connectivity index (χ2v) is 13.0. The molecule has 8 nitrogen and oxygen atoms in total. The number of benzene rings is 3. The number of carbonyl (C=O) groups is 2. The van der Waals surface area contributed by atoms with E-state index in [2.05, 4.69) is 5.32 Å². The Morgan fingerprint density at radius 3 is 2.17 bits per heavy atom. The number of rotatable bonds is 11. The smallest absolute Gasteiger partial charge is 0.244 e. The third-order valence-corrected chi connectivity index (χ3v) is 7.57. The van der Waals surface area contributed by atoms with Gasteiger partial charge in [0.05, 0.1) is 24.1 Å². The zero-order valence-electron chi connectivity index (χ0n) is 23.7. The third kappa shape index (κ3) is 9.19. The van der Waals surface area contributed by atoms with Crippen molar-refractivity contribution in [3.8, 4) is 5.75 Å². The molecule has 0 aliphatic rings. The first-order valence-electron chi connectivity index (χ1n) is 12.9. The van der Waals surface area contributed by atoms with Crippen LogP contribution in [0.4, 0.5) is 10.1 Å². The molecule has 3 aromatic carbocycles. The van der Waals surface area contributed by atoms with Gasteiger partial charge in [-0.25, -0.2) is 12.8 Å². The van der Waals surface area contributed by atoms with Crippen molar-refractivity contribution in [1.29, 1.82) is 0 Å². The van der Waals surface area contributed by atoms with Crippen LogP contribution < -0.4 is 14.4 Å². The van der Waals surface area contributed by atoms with Crippen molar-refractivity contribution in [3.63, 3.8) is 0 Å². The molecule has 1 N–H and O–H groups in total. The van der Waals surface area contributed by atoms with Crippen LogP contribution in [0, 0.1) is 5.82 Å². The number of sulfonamides is 1. The first-order chi connectivity index (χ1) is 19.2. The lowest BCUT2D eigenvalue weighted by Gasteiger charge is -2.35. The Labute approximate surface area is 246 Å². The van der Waals surface area contributed by atoms with E-state index in [-0.39, 0.29) is 23.7 Å². The van der Waals surface area contributed by atoms with Gasteiger partial charge in [0.15, 0.2) is 0 Å². The van der Waals surface area contributed by atoms with Gasteiger partial charge in [-0.15, -0.1) is 0 Å². The predicted molar refractivity (Wildman–Crippen MR) is 159 cm³/mol. The molecule has 0 heterocycles. The van der Waals surface area contributed by atoms with Crippen molar-refractivity contribution in [1.82, 2.24) is 10.2 Å². The molecule has 0 bridgehead atoms. The van der Waals surface area contributed by atoms with Gasteiger partial charge in [-0.2, -0.15) is 0 Å². The molecule has 0 aliphatic carbocycles. The number of ether oxygens (including phenoxy) is 1. The fraction of sp³-hybridized carbons (Fsp3) is 0.333. The summed E-state index contributed by atoms with van der Waals surface area (Å²) in [4.78, 5) is 29.1. The van der Waals surface area contributed by atoms with E-state index < -0.39 is 45.8 Å². The van der Waals surface area contributed by atoms with Crippen LogP contribution in [0.25, 0.3) is 0 Å². The Morgan fingerprint density at radius 2 is 1.63 bits per heavy atom. The van der Waals surface area contributed by atoms with Gasteiger partial charge in [-0.3, -0.25) is 13.9 Å². The number of hydrogen-bond donors (Lipinski definition) is 1. The Bertz CT molecular complexity index is 1460. The Hall–Kier alpha value is -3.63. The number of nitrogens with one attached hydrogen (secondary N) is 1. The van der Waals surface area contributed by atoms with Crippen molar-refractivity contribution in [2.75, 3.05) is 24.2 Å². The fourth-order valence-corrected chi connectivity index (χ4v) is 5.31. The maximum Gasteiger partial charge on any atom is 0.244 e. The van der Waals surface area contributed by atoms with Crippen LogP contribution in [-0.4, -0.2) is 56.6 Å². The lowest BCUT2D eigenvalue weighted by atomic mass is 10.0. The molecule has 11 heteroatoms. The molecule has 2 amide bonds. The summed E-state index contributed by atoms with van der Waals surface area (Å²) < 4.78 is 45.6. The first-order valence-corrected chi connectivity index (χ1v) is 15.1. The molecule has 0 fully saturated rings. The summed E-state index contributed by atoms with van der Waals surface area (Å²) in [6, 6.07) is 18.2. The summed E-state index contributed by atoms with van der Waals surface area (Å²) in [5, 5.41) is 3.12. The van der Waals surface area contributed by atoms with Gasteiger partial charge in [-0.1, -0.05) is 54.1 Å². The SMILES string of the molecule is COc1ccc(N(CC(=O)N(Cc2ccc(F)cc2)[C@H](Cc2ccccc2)C(=O)NC(C)(C)C)S(C)(=O)=O)cc1Cl. The molecular weight excluding hydrogens is 569 g/mol. The van der Waals surface area contributed by atoms with Crippen molar-refractivity contribution in [2.45, 2.75) is 45.3 Å². The normalized spacial score (nSPS) is 12.4. The van der Waals surface area contributed by atoms with Gasteiger partial charge in [0.25, 0.3) is 0 Å². The van der Waals surface area contributed by atoms with Crippen LogP contribution in [-0.2, 0) is 32.6 Å². The van der Waals surface area contributed by atoms with E-state index in [0.717, 1.165) is 16.1 Å². The highest BCUT2D eigenvalue weighted by Crippen LogP contribution is 2.30. The van der Waals surface area contributed by atoms with Crippen LogP contribution in [0.2, 0.25) is 5.02 Å². The summed E-state index contributed by atoms with van der Waals surface area (Å²) in [5.74, 6) is -1.14. The molecule has 3 rings (SSSR count). The molecule has 0 unspecified atom stereocenters. The van der Waals surface area contributed by atoms with E-state index in [1.807, 2.05) is 51.1 Å². The molecule has 0 saturated heterocycles. The number of carbonyl (C=O) groups excluding carboxylic acids is 2. The van der Waals surface area contributed by atoms with Crippen molar-refractivity contribution in [2.24, 2.45) is 0 Å². The Balaban J connectivity index is 2.08. The highest BCUT2D eigenvalue weighted by atomic mass is 35.5. The number of halogens is 2. The number of nitrogens with zero attached hydrogens (tertiary/aromatic N) is 2. The third-order valence-electron chi connectivity index (χ3n) is 6.14. The maximum absolute atomic E-state index is 14.1. The largest absolute Gasteiger partial charge is 0.495 e. The number of anilines is 1. The molecule has 41 heavy (non-hydrogen) atoms. The summed E-state index contributed by atoms with van der Waals surface area (Å²) in [7, 11) is -2.53. The minimum Gasteiger partial charge on any atom is -0.495 e. The lowest BCUT2D eigenvalue weighted by Crippen LogP contribution is -2.56. The van der Waals surface area contributed by atoms with E-state index in [1.165, 1.54) is 54.5 Å². The van der Waals surface area contributed by atoms with E-state index in [9.17, 15) is 22.4 Å². The second-order valence-electron chi connectivity index (χ2n) is 10.7. The number of methoxy groups -OCH3 is 1. The molecule has 0 spiro atoms. The van der Waals surface area contributed by atoms with Crippen LogP contribution in [0.5, 0.6) is 5.75 Å².